The highest BCUT2D eigenvalue weighted by molar-refractivity contribution is 5.27. The SMILES string of the molecule is CCC(CC1CC1)NC(C)c1c(C)nn(CC)c1C. The van der Waals surface area contributed by atoms with Crippen LogP contribution in [0.25, 0.3) is 0 Å². The minimum atomic E-state index is 0.406. The molecule has 0 amide bonds. The van der Waals surface area contributed by atoms with Gasteiger partial charge in [0.05, 0.1) is 5.69 Å². The summed E-state index contributed by atoms with van der Waals surface area (Å²) in [7, 11) is 0. The van der Waals surface area contributed by atoms with E-state index in [0.717, 1.165) is 12.5 Å². The molecule has 0 saturated heterocycles. The zero-order chi connectivity index (χ0) is 14.0. The lowest BCUT2D eigenvalue weighted by Gasteiger charge is -2.23. The molecule has 0 spiro atoms. The van der Waals surface area contributed by atoms with Gasteiger partial charge in [-0.1, -0.05) is 19.8 Å². The number of aryl methyl sites for hydroxylation is 2. The highest BCUT2D eigenvalue weighted by Crippen LogP contribution is 2.34. The Bertz CT molecular complexity index is 418. The fourth-order valence-corrected chi connectivity index (χ4v) is 3.19. The van der Waals surface area contributed by atoms with Crippen molar-refractivity contribution in [3.8, 4) is 0 Å². The summed E-state index contributed by atoms with van der Waals surface area (Å²) in [6.45, 7) is 12.0. The first kappa shape index (κ1) is 14.6. The molecule has 1 heterocycles. The van der Waals surface area contributed by atoms with E-state index in [1.54, 1.807) is 0 Å². The van der Waals surface area contributed by atoms with Gasteiger partial charge in [0.2, 0.25) is 0 Å². The number of nitrogens with one attached hydrogen (secondary N) is 1. The van der Waals surface area contributed by atoms with E-state index in [1.165, 1.54) is 42.6 Å². The lowest BCUT2D eigenvalue weighted by atomic mass is 10.0. The second-order valence-corrected chi connectivity index (χ2v) is 6.07. The molecule has 19 heavy (non-hydrogen) atoms. The van der Waals surface area contributed by atoms with Crippen molar-refractivity contribution in [2.45, 2.75) is 78.9 Å². The van der Waals surface area contributed by atoms with Gasteiger partial charge in [-0.05, 0) is 46.5 Å². The third-order valence-electron chi connectivity index (χ3n) is 4.46. The predicted molar refractivity (Wildman–Crippen MR) is 80.3 cm³/mol. The minimum absolute atomic E-state index is 0.406. The van der Waals surface area contributed by atoms with E-state index in [4.69, 9.17) is 0 Å². The Balaban J connectivity index is 2.05. The van der Waals surface area contributed by atoms with E-state index in [9.17, 15) is 0 Å². The summed E-state index contributed by atoms with van der Waals surface area (Å²) in [6, 6.07) is 1.07. The van der Waals surface area contributed by atoms with Crippen LogP contribution in [0.4, 0.5) is 0 Å². The molecule has 3 heteroatoms. The van der Waals surface area contributed by atoms with E-state index in [1.807, 2.05) is 0 Å². The maximum Gasteiger partial charge on any atom is 0.0644 e. The zero-order valence-corrected chi connectivity index (χ0v) is 13.2. The second-order valence-electron chi connectivity index (χ2n) is 6.07. The van der Waals surface area contributed by atoms with Gasteiger partial charge in [0.15, 0.2) is 0 Å². The quantitative estimate of drug-likeness (QED) is 0.812. The van der Waals surface area contributed by atoms with Gasteiger partial charge in [-0.2, -0.15) is 5.10 Å². The van der Waals surface area contributed by atoms with Crippen molar-refractivity contribution in [2.75, 3.05) is 0 Å². The third-order valence-corrected chi connectivity index (χ3v) is 4.46. The second kappa shape index (κ2) is 6.08. The standard InChI is InChI=1S/C16H29N3/c1-6-15(10-14-8-9-14)17-11(3)16-12(4)18-19(7-2)13(16)5/h11,14-15,17H,6-10H2,1-5H3. The maximum absolute atomic E-state index is 4.63. The molecule has 2 atom stereocenters. The summed E-state index contributed by atoms with van der Waals surface area (Å²) in [5.41, 5.74) is 3.90. The first-order chi connectivity index (χ1) is 9.06. The van der Waals surface area contributed by atoms with Crippen molar-refractivity contribution >= 4 is 0 Å². The Morgan fingerprint density at radius 3 is 2.47 bits per heavy atom. The van der Waals surface area contributed by atoms with Gasteiger partial charge in [-0.3, -0.25) is 4.68 Å². The molecule has 2 rings (SSSR count). The van der Waals surface area contributed by atoms with Crippen molar-refractivity contribution < 1.29 is 0 Å². The van der Waals surface area contributed by atoms with E-state index in [2.05, 4.69) is 49.7 Å². The first-order valence-electron chi connectivity index (χ1n) is 7.86. The van der Waals surface area contributed by atoms with Crippen molar-refractivity contribution in [1.82, 2.24) is 15.1 Å². The van der Waals surface area contributed by atoms with Crippen LogP contribution in [0.15, 0.2) is 0 Å². The lowest BCUT2D eigenvalue weighted by molar-refractivity contribution is 0.402. The molecule has 1 N–H and O–H groups in total. The first-order valence-corrected chi connectivity index (χ1v) is 7.86. The van der Waals surface area contributed by atoms with Gasteiger partial charge in [0.25, 0.3) is 0 Å². The molecule has 1 aromatic heterocycles. The normalized spacial score (nSPS) is 18.6. The lowest BCUT2D eigenvalue weighted by Crippen LogP contribution is -2.32. The van der Waals surface area contributed by atoms with Crippen LogP contribution in [0.1, 0.15) is 69.4 Å². The molecule has 1 aromatic rings. The molecule has 1 aliphatic carbocycles. The van der Waals surface area contributed by atoms with Gasteiger partial charge in [-0.25, -0.2) is 0 Å². The Kier molecular flexibility index (Phi) is 4.67. The molecule has 2 unspecified atom stereocenters. The molecule has 108 valence electrons. The average Bonchev–Trinajstić information content (AvgIpc) is 3.13. The average molecular weight is 263 g/mol. The van der Waals surface area contributed by atoms with Gasteiger partial charge in [0.1, 0.15) is 0 Å². The van der Waals surface area contributed by atoms with Crippen LogP contribution in [0.5, 0.6) is 0 Å². The predicted octanol–water partition coefficient (Wildman–Crippen LogP) is 3.75. The van der Waals surface area contributed by atoms with Crippen molar-refractivity contribution in [1.29, 1.82) is 0 Å². The Morgan fingerprint density at radius 2 is 2.00 bits per heavy atom. The molecular weight excluding hydrogens is 234 g/mol. The molecular formula is C16H29N3. The van der Waals surface area contributed by atoms with Gasteiger partial charge >= 0.3 is 0 Å². The van der Waals surface area contributed by atoms with Crippen molar-refractivity contribution in [3.63, 3.8) is 0 Å². The van der Waals surface area contributed by atoms with E-state index < -0.39 is 0 Å². The van der Waals surface area contributed by atoms with Crippen LogP contribution in [-0.4, -0.2) is 15.8 Å². The highest BCUT2D eigenvalue weighted by atomic mass is 15.3. The summed E-state index contributed by atoms with van der Waals surface area (Å²) >= 11 is 0. The smallest absolute Gasteiger partial charge is 0.0644 e. The van der Waals surface area contributed by atoms with Gasteiger partial charge in [0, 0.05) is 29.9 Å². The molecule has 0 aromatic carbocycles. The number of hydrogen-bond acceptors (Lipinski definition) is 2. The largest absolute Gasteiger partial charge is 0.307 e. The zero-order valence-electron chi connectivity index (χ0n) is 13.2. The molecule has 0 bridgehead atoms. The summed E-state index contributed by atoms with van der Waals surface area (Å²) in [5, 5.41) is 8.45. The van der Waals surface area contributed by atoms with E-state index in [0.29, 0.717) is 12.1 Å². The van der Waals surface area contributed by atoms with Crippen LogP contribution in [0.2, 0.25) is 0 Å². The van der Waals surface area contributed by atoms with Crippen LogP contribution in [-0.2, 0) is 6.54 Å². The van der Waals surface area contributed by atoms with Crippen LogP contribution in [0, 0.1) is 19.8 Å². The number of hydrogen-bond donors (Lipinski definition) is 1. The van der Waals surface area contributed by atoms with Crippen LogP contribution in [0.3, 0.4) is 0 Å². The molecule has 0 aliphatic heterocycles. The Hall–Kier alpha value is -0.830. The molecule has 0 radical (unpaired) electrons. The molecule has 1 saturated carbocycles. The van der Waals surface area contributed by atoms with Gasteiger partial charge < -0.3 is 5.32 Å². The summed E-state index contributed by atoms with van der Waals surface area (Å²) in [5.74, 6) is 0.991. The molecule has 1 fully saturated rings. The third kappa shape index (κ3) is 3.38. The topological polar surface area (TPSA) is 29.9 Å². The number of nitrogens with zero attached hydrogens (tertiary/aromatic N) is 2. The highest BCUT2D eigenvalue weighted by Gasteiger charge is 2.26. The minimum Gasteiger partial charge on any atom is -0.307 e. The fourth-order valence-electron chi connectivity index (χ4n) is 3.19. The van der Waals surface area contributed by atoms with Crippen LogP contribution >= 0.6 is 0 Å². The summed E-state index contributed by atoms with van der Waals surface area (Å²) < 4.78 is 2.12. The molecule has 1 aliphatic rings. The summed E-state index contributed by atoms with van der Waals surface area (Å²) in [6.07, 6.45) is 5.46. The number of rotatable bonds is 7. The van der Waals surface area contributed by atoms with E-state index >= 15 is 0 Å². The monoisotopic (exact) mass is 263 g/mol. The molecule has 3 nitrogen and oxygen atoms in total. The summed E-state index contributed by atoms with van der Waals surface area (Å²) in [4.78, 5) is 0. The fraction of sp³-hybridized carbons (Fsp3) is 0.812. The van der Waals surface area contributed by atoms with Crippen molar-refractivity contribution in [2.24, 2.45) is 5.92 Å². The maximum atomic E-state index is 4.63. The van der Waals surface area contributed by atoms with Crippen LogP contribution < -0.4 is 5.32 Å². The van der Waals surface area contributed by atoms with Gasteiger partial charge in [-0.15, -0.1) is 0 Å². The number of aromatic nitrogens is 2. The van der Waals surface area contributed by atoms with Crippen molar-refractivity contribution in [3.05, 3.63) is 17.0 Å². The Morgan fingerprint density at radius 1 is 1.32 bits per heavy atom. The Labute approximate surface area is 117 Å². The van der Waals surface area contributed by atoms with E-state index in [-0.39, 0.29) is 0 Å².